The molecule has 5 heteroatoms. The zero-order valence-corrected chi connectivity index (χ0v) is 13.5. The molecule has 0 saturated heterocycles. The smallest absolute Gasteiger partial charge is 0.220 e. The van der Waals surface area contributed by atoms with Gasteiger partial charge in [0.25, 0.3) is 0 Å². The third-order valence-corrected chi connectivity index (χ3v) is 3.91. The van der Waals surface area contributed by atoms with E-state index in [1.165, 1.54) is 5.56 Å². The summed E-state index contributed by atoms with van der Waals surface area (Å²) in [5.74, 6) is 1.64. The number of hydrogen-bond acceptors (Lipinski definition) is 3. The van der Waals surface area contributed by atoms with Crippen molar-refractivity contribution >= 4 is 5.91 Å². The Morgan fingerprint density at radius 3 is 2.59 bits per heavy atom. The molecule has 1 aromatic heterocycles. The minimum atomic E-state index is 0.0877. The average molecular weight is 300 g/mol. The number of benzene rings is 1. The molecule has 0 saturated carbocycles. The summed E-state index contributed by atoms with van der Waals surface area (Å²) in [6, 6.07) is 10.2. The third-order valence-electron chi connectivity index (χ3n) is 3.91. The summed E-state index contributed by atoms with van der Waals surface area (Å²) in [6.45, 7) is 4.90. The van der Waals surface area contributed by atoms with Crippen molar-refractivity contribution in [1.29, 1.82) is 0 Å². The fourth-order valence-corrected chi connectivity index (χ4v) is 2.56. The van der Waals surface area contributed by atoms with Gasteiger partial charge in [-0.25, -0.2) is 0 Å². The molecule has 1 atom stereocenters. The van der Waals surface area contributed by atoms with Gasteiger partial charge in [-0.3, -0.25) is 4.79 Å². The summed E-state index contributed by atoms with van der Waals surface area (Å²) in [7, 11) is 1.90. The summed E-state index contributed by atoms with van der Waals surface area (Å²) < 4.78 is 1.87. The maximum Gasteiger partial charge on any atom is 0.220 e. The predicted molar refractivity (Wildman–Crippen MR) is 86.4 cm³/mol. The van der Waals surface area contributed by atoms with E-state index in [4.69, 9.17) is 0 Å². The fourth-order valence-electron chi connectivity index (χ4n) is 2.56. The normalized spacial score (nSPS) is 12.4. The molecule has 1 N–H and O–H groups in total. The van der Waals surface area contributed by atoms with E-state index in [0.29, 0.717) is 25.3 Å². The van der Waals surface area contributed by atoms with Crippen LogP contribution < -0.4 is 5.32 Å². The summed E-state index contributed by atoms with van der Waals surface area (Å²) in [6.07, 6.45) is 2.88. The first kappa shape index (κ1) is 16.2. The lowest BCUT2D eigenvalue weighted by Gasteiger charge is -2.21. The lowest BCUT2D eigenvalue weighted by molar-refractivity contribution is -0.121. The van der Waals surface area contributed by atoms with Crippen molar-refractivity contribution in [2.45, 2.75) is 32.6 Å². The molecule has 1 aromatic carbocycles. The molecular weight excluding hydrogens is 276 g/mol. The standard InChI is InChI=1S/C17H24N4O/c1-13(2)15(14-7-5-4-6-8-14)11-17(22)18-10-9-16-20-19-12-21(16)3/h4-8,12-13,15H,9-11H2,1-3H3,(H,18,22)/t15-/m0/s1. The molecule has 0 radical (unpaired) electrons. The van der Waals surface area contributed by atoms with E-state index in [1.807, 2.05) is 29.8 Å². The second-order valence-electron chi connectivity index (χ2n) is 5.92. The Kier molecular flexibility index (Phi) is 5.69. The van der Waals surface area contributed by atoms with Crippen LogP contribution in [0.2, 0.25) is 0 Å². The fraction of sp³-hybridized carbons (Fsp3) is 0.471. The van der Waals surface area contributed by atoms with Crippen molar-refractivity contribution in [3.05, 3.63) is 48.0 Å². The van der Waals surface area contributed by atoms with Gasteiger partial charge in [0, 0.05) is 26.4 Å². The van der Waals surface area contributed by atoms with Crippen molar-refractivity contribution < 1.29 is 4.79 Å². The van der Waals surface area contributed by atoms with Gasteiger partial charge in [-0.05, 0) is 17.4 Å². The first-order valence-electron chi connectivity index (χ1n) is 7.72. The quantitative estimate of drug-likeness (QED) is 0.853. The van der Waals surface area contributed by atoms with Crippen molar-refractivity contribution in [3.63, 3.8) is 0 Å². The van der Waals surface area contributed by atoms with Crippen molar-refractivity contribution in [3.8, 4) is 0 Å². The van der Waals surface area contributed by atoms with Gasteiger partial charge in [0.1, 0.15) is 12.2 Å². The number of aryl methyl sites for hydroxylation is 1. The van der Waals surface area contributed by atoms with Crippen molar-refractivity contribution in [2.75, 3.05) is 6.54 Å². The minimum absolute atomic E-state index is 0.0877. The topological polar surface area (TPSA) is 59.8 Å². The van der Waals surface area contributed by atoms with Crippen LogP contribution >= 0.6 is 0 Å². The molecule has 0 fully saturated rings. The Hall–Kier alpha value is -2.17. The van der Waals surface area contributed by atoms with Crippen LogP contribution in [0.3, 0.4) is 0 Å². The van der Waals surface area contributed by atoms with Gasteiger partial charge >= 0.3 is 0 Å². The van der Waals surface area contributed by atoms with Gasteiger partial charge in [0.15, 0.2) is 0 Å². The van der Waals surface area contributed by atoms with E-state index in [0.717, 1.165) is 5.82 Å². The zero-order valence-electron chi connectivity index (χ0n) is 13.5. The maximum atomic E-state index is 12.2. The molecule has 1 amide bonds. The van der Waals surface area contributed by atoms with Gasteiger partial charge in [-0.15, -0.1) is 10.2 Å². The van der Waals surface area contributed by atoms with Crippen LogP contribution in [-0.4, -0.2) is 27.2 Å². The highest BCUT2D eigenvalue weighted by Crippen LogP contribution is 2.27. The largest absolute Gasteiger partial charge is 0.356 e. The maximum absolute atomic E-state index is 12.2. The summed E-state index contributed by atoms with van der Waals surface area (Å²) >= 11 is 0. The molecule has 22 heavy (non-hydrogen) atoms. The van der Waals surface area contributed by atoms with Gasteiger partial charge in [0.05, 0.1) is 0 Å². The molecule has 0 aliphatic heterocycles. The van der Waals surface area contributed by atoms with Crippen molar-refractivity contribution in [2.24, 2.45) is 13.0 Å². The number of nitrogens with one attached hydrogen (secondary N) is 1. The predicted octanol–water partition coefficient (Wildman–Crippen LogP) is 2.30. The van der Waals surface area contributed by atoms with E-state index < -0.39 is 0 Å². The average Bonchev–Trinajstić information content (AvgIpc) is 2.91. The van der Waals surface area contributed by atoms with Gasteiger partial charge < -0.3 is 9.88 Å². The van der Waals surface area contributed by atoms with E-state index in [-0.39, 0.29) is 11.8 Å². The molecule has 0 spiro atoms. The second-order valence-corrected chi connectivity index (χ2v) is 5.92. The first-order chi connectivity index (χ1) is 10.6. The van der Waals surface area contributed by atoms with E-state index in [9.17, 15) is 4.79 Å². The van der Waals surface area contributed by atoms with Crippen LogP contribution in [0.15, 0.2) is 36.7 Å². The Labute approximate surface area is 131 Å². The third kappa shape index (κ3) is 4.41. The molecule has 0 bridgehead atoms. The van der Waals surface area contributed by atoms with E-state index >= 15 is 0 Å². The van der Waals surface area contributed by atoms with Crippen molar-refractivity contribution in [1.82, 2.24) is 20.1 Å². The van der Waals surface area contributed by atoms with E-state index in [1.54, 1.807) is 6.33 Å². The number of hydrogen-bond donors (Lipinski definition) is 1. The lowest BCUT2D eigenvalue weighted by Crippen LogP contribution is -2.28. The Bertz CT molecular complexity index is 592. The molecule has 0 aliphatic rings. The highest BCUT2D eigenvalue weighted by Gasteiger charge is 2.19. The summed E-state index contributed by atoms with van der Waals surface area (Å²) in [5.41, 5.74) is 1.22. The molecule has 0 unspecified atom stereocenters. The van der Waals surface area contributed by atoms with Gasteiger partial charge in [-0.1, -0.05) is 44.2 Å². The van der Waals surface area contributed by atoms with E-state index in [2.05, 4.69) is 41.5 Å². The number of carbonyl (C=O) groups is 1. The zero-order chi connectivity index (χ0) is 15.9. The Morgan fingerprint density at radius 1 is 1.27 bits per heavy atom. The monoisotopic (exact) mass is 300 g/mol. The van der Waals surface area contributed by atoms with Crippen LogP contribution in [0.1, 0.15) is 37.6 Å². The summed E-state index contributed by atoms with van der Waals surface area (Å²) in [5, 5.41) is 10.8. The highest BCUT2D eigenvalue weighted by molar-refractivity contribution is 5.76. The first-order valence-corrected chi connectivity index (χ1v) is 7.72. The number of amides is 1. The molecule has 2 rings (SSSR count). The van der Waals surface area contributed by atoms with Gasteiger partial charge in [0.2, 0.25) is 5.91 Å². The number of carbonyl (C=O) groups excluding carboxylic acids is 1. The molecule has 5 nitrogen and oxygen atoms in total. The Morgan fingerprint density at radius 2 is 2.00 bits per heavy atom. The Balaban J connectivity index is 1.85. The number of rotatable bonds is 7. The minimum Gasteiger partial charge on any atom is -0.356 e. The number of aromatic nitrogens is 3. The SMILES string of the molecule is CC(C)[C@H](CC(=O)NCCc1nncn1C)c1ccccc1. The number of nitrogens with zero attached hydrogens (tertiary/aromatic N) is 3. The molecule has 2 aromatic rings. The van der Waals surface area contributed by atoms with Crippen LogP contribution in [0, 0.1) is 5.92 Å². The lowest BCUT2D eigenvalue weighted by atomic mass is 9.85. The summed E-state index contributed by atoms with van der Waals surface area (Å²) in [4.78, 5) is 12.2. The van der Waals surface area contributed by atoms with Gasteiger partial charge in [-0.2, -0.15) is 0 Å². The second kappa shape index (κ2) is 7.73. The van der Waals surface area contributed by atoms with Crippen LogP contribution in [0.5, 0.6) is 0 Å². The molecule has 1 heterocycles. The molecule has 118 valence electrons. The molecule has 0 aliphatic carbocycles. The van der Waals surface area contributed by atoms with Crippen LogP contribution in [0.25, 0.3) is 0 Å². The highest BCUT2D eigenvalue weighted by atomic mass is 16.1. The van der Waals surface area contributed by atoms with Crippen LogP contribution in [-0.2, 0) is 18.3 Å². The van der Waals surface area contributed by atoms with Crippen LogP contribution in [0.4, 0.5) is 0 Å². The molecular formula is C17H24N4O.